The van der Waals surface area contributed by atoms with Crippen LogP contribution in [0, 0.1) is 0 Å². The van der Waals surface area contributed by atoms with E-state index in [1.165, 1.54) is 17.3 Å². The van der Waals surface area contributed by atoms with Crippen LogP contribution in [0.15, 0.2) is 54.6 Å². The molecular weight excluding hydrogens is 270 g/mol. The third kappa shape index (κ3) is 3.98. The van der Waals surface area contributed by atoms with Crippen molar-refractivity contribution in [2.75, 3.05) is 19.0 Å². The summed E-state index contributed by atoms with van der Waals surface area (Å²) in [6, 6.07) is 21.3. The van der Waals surface area contributed by atoms with Crippen molar-refractivity contribution in [3.8, 4) is 0 Å². The van der Waals surface area contributed by atoms with Crippen LogP contribution in [0.2, 0.25) is 19.1 Å². The second kappa shape index (κ2) is 6.48. The monoisotopic (exact) mass is 297 g/mol. The summed E-state index contributed by atoms with van der Waals surface area (Å²) in [4.78, 5) is 2.16. The Hall–Kier alpha value is -1.54. The minimum absolute atomic E-state index is 0.626. The van der Waals surface area contributed by atoms with Crippen LogP contribution in [0.25, 0.3) is 0 Å². The van der Waals surface area contributed by atoms with Crippen LogP contribution in [-0.2, 0) is 0 Å². The molecule has 21 heavy (non-hydrogen) atoms. The van der Waals surface area contributed by atoms with Gasteiger partial charge in [-0.15, -0.1) is 0 Å². The van der Waals surface area contributed by atoms with E-state index in [0.717, 1.165) is 0 Å². The quantitative estimate of drug-likeness (QED) is 0.736. The summed E-state index contributed by atoms with van der Waals surface area (Å²) in [5.41, 5.74) is 2.74. The smallest absolute Gasteiger partial charge is 0.0812 e. The van der Waals surface area contributed by atoms with Crippen LogP contribution in [0.3, 0.4) is 0 Å². The van der Waals surface area contributed by atoms with Crippen LogP contribution in [0.5, 0.6) is 0 Å². The van der Waals surface area contributed by atoms with Crippen molar-refractivity contribution >= 4 is 18.9 Å². The van der Waals surface area contributed by atoms with Gasteiger partial charge in [-0.05, 0) is 29.7 Å². The maximum absolute atomic E-state index is 2.48. The highest BCUT2D eigenvalue weighted by Crippen LogP contribution is 2.26. The minimum atomic E-state index is -1.40. The zero-order valence-electron chi connectivity index (χ0n) is 13.9. The standard InChI is InChI=1S/C19H27NSi/c1-16(17-9-7-6-8-10-17)15-21(4,5)19-13-11-18(12-14-19)20(2)3/h6-14,16H,15H2,1-5H3. The average molecular weight is 298 g/mol. The molecule has 0 heterocycles. The molecule has 1 atom stereocenters. The molecule has 0 N–H and O–H groups in total. The van der Waals surface area contributed by atoms with Crippen LogP contribution < -0.4 is 10.1 Å². The van der Waals surface area contributed by atoms with Gasteiger partial charge in [-0.3, -0.25) is 0 Å². The topological polar surface area (TPSA) is 3.24 Å². The first-order chi connectivity index (χ1) is 9.90. The Morgan fingerprint density at radius 1 is 0.905 bits per heavy atom. The van der Waals surface area contributed by atoms with Gasteiger partial charge in [0, 0.05) is 19.8 Å². The van der Waals surface area contributed by atoms with Gasteiger partial charge in [-0.25, -0.2) is 0 Å². The summed E-state index contributed by atoms with van der Waals surface area (Å²) in [6.07, 6.45) is 0. The normalized spacial score (nSPS) is 13.0. The fraction of sp³-hybridized carbons (Fsp3) is 0.368. The van der Waals surface area contributed by atoms with E-state index in [0.29, 0.717) is 5.92 Å². The van der Waals surface area contributed by atoms with Crippen molar-refractivity contribution in [3.63, 3.8) is 0 Å². The van der Waals surface area contributed by atoms with E-state index < -0.39 is 8.07 Å². The van der Waals surface area contributed by atoms with Gasteiger partial charge in [0.05, 0.1) is 8.07 Å². The maximum Gasteiger partial charge on any atom is 0.0812 e. The average Bonchev–Trinajstić information content (AvgIpc) is 2.48. The molecule has 0 aliphatic carbocycles. The first kappa shape index (κ1) is 15.8. The second-order valence-corrected chi connectivity index (χ2v) is 11.6. The number of hydrogen-bond acceptors (Lipinski definition) is 1. The van der Waals surface area contributed by atoms with Crippen molar-refractivity contribution in [2.24, 2.45) is 0 Å². The fourth-order valence-electron chi connectivity index (χ4n) is 2.99. The van der Waals surface area contributed by atoms with Crippen LogP contribution in [-0.4, -0.2) is 22.2 Å². The molecule has 0 saturated carbocycles. The molecule has 0 aliphatic rings. The number of hydrogen-bond donors (Lipinski definition) is 0. The predicted octanol–water partition coefficient (Wildman–Crippen LogP) is 4.47. The van der Waals surface area contributed by atoms with Gasteiger partial charge in [-0.2, -0.15) is 0 Å². The van der Waals surface area contributed by atoms with E-state index >= 15 is 0 Å². The Bertz CT molecular complexity index is 558. The molecule has 0 saturated heterocycles. The molecule has 1 unspecified atom stereocenters. The van der Waals surface area contributed by atoms with E-state index in [9.17, 15) is 0 Å². The third-order valence-corrected chi connectivity index (χ3v) is 7.88. The first-order valence-corrected chi connectivity index (χ1v) is 10.9. The van der Waals surface area contributed by atoms with Crippen molar-refractivity contribution in [3.05, 3.63) is 60.2 Å². The van der Waals surface area contributed by atoms with Gasteiger partial charge in [0.15, 0.2) is 0 Å². The van der Waals surface area contributed by atoms with Gasteiger partial charge in [0.1, 0.15) is 0 Å². The molecule has 2 aromatic rings. The molecule has 2 aromatic carbocycles. The number of nitrogens with zero attached hydrogens (tertiary/aromatic N) is 1. The molecule has 2 heteroatoms. The zero-order valence-corrected chi connectivity index (χ0v) is 14.9. The number of benzene rings is 2. The van der Waals surface area contributed by atoms with Crippen molar-refractivity contribution in [1.29, 1.82) is 0 Å². The van der Waals surface area contributed by atoms with Gasteiger partial charge in [0.2, 0.25) is 0 Å². The predicted molar refractivity (Wildman–Crippen MR) is 97.5 cm³/mol. The van der Waals surface area contributed by atoms with Gasteiger partial charge in [0.25, 0.3) is 0 Å². The van der Waals surface area contributed by atoms with E-state index in [1.807, 2.05) is 0 Å². The van der Waals surface area contributed by atoms with E-state index in [2.05, 4.69) is 93.6 Å². The molecule has 0 fully saturated rings. The van der Waals surface area contributed by atoms with E-state index in [4.69, 9.17) is 0 Å². The Labute approximate surface area is 130 Å². The Kier molecular flexibility index (Phi) is 4.89. The minimum Gasteiger partial charge on any atom is -0.378 e. The van der Waals surface area contributed by atoms with Crippen molar-refractivity contribution < 1.29 is 0 Å². The Morgan fingerprint density at radius 2 is 1.48 bits per heavy atom. The highest BCUT2D eigenvalue weighted by Gasteiger charge is 2.26. The summed E-state index contributed by atoms with van der Waals surface area (Å²) < 4.78 is 0. The lowest BCUT2D eigenvalue weighted by Gasteiger charge is -2.27. The highest BCUT2D eigenvalue weighted by molar-refractivity contribution is 6.89. The van der Waals surface area contributed by atoms with Gasteiger partial charge >= 0.3 is 0 Å². The van der Waals surface area contributed by atoms with Gasteiger partial charge < -0.3 is 4.90 Å². The molecule has 2 rings (SSSR count). The lowest BCUT2D eigenvalue weighted by atomic mass is 10.0. The van der Waals surface area contributed by atoms with Crippen molar-refractivity contribution in [1.82, 2.24) is 0 Å². The summed E-state index contributed by atoms with van der Waals surface area (Å²) in [5.74, 6) is 0.626. The van der Waals surface area contributed by atoms with Gasteiger partial charge in [-0.1, -0.05) is 67.7 Å². The molecule has 0 radical (unpaired) electrons. The van der Waals surface area contributed by atoms with E-state index in [1.54, 1.807) is 5.19 Å². The van der Waals surface area contributed by atoms with Crippen LogP contribution >= 0.6 is 0 Å². The van der Waals surface area contributed by atoms with E-state index in [-0.39, 0.29) is 0 Å². The summed E-state index contributed by atoms with van der Waals surface area (Å²) in [7, 11) is 2.78. The van der Waals surface area contributed by atoms with Crippen molar-refractivity contribution in [2.45, 2.75) is 32.0 Å². The molecule has 0 amide bonds. The fourth-order valence-corrected chi connectivity index (χ4v) is 6.06. The largest absolute Gasteiger partial charge is 0.378 e. The Balaban J connectivity index is 2.14. The molecule has 0 aromatic heterocycles. The summed E-state index contributed by atoms with van der Waals surface area (Å²) in [5, 5.41) is 1.55. The second-order valence-electron chi connectivity index (χ2n) is 6.84. The third-order valence-electron chi connectivity index (χ3n) is 4.35. The first-order valence-electron chi connectivity index (χ1n) is 7.73. The summed E-state index contributed by atoms with van der Waals surface area (Å²) >= 11 is 0. The lowest BCUT2D eigenvalue weighted by Crippen LogP contribution is -2.42. The SMILES string of the molecule is CC(C[Si](C)(C)c1ccc(N(C)C)cc1)c1ccccc1. The number of anilines is 1. The molecule has 0 aliphatic heterocycles. The summed E-state index contributed by atoms with van der Waals surface area (Å²) in [6.45, 7) is 7.33. The molecule has 0 spiro atoms. The highest BCUT2D eigenvalue weighted by atomic mass is 28.3. The lowest BCUT2D eigenvalue weighted by molar-refractivity contribution is 0.848. The zero-order chi connectivity index (χ0) is 15.5. The molecule has 112 valence electrons. The van der Waals surface area contributed by atoms with Crippen LogP contribution in [0.4, 0.5) is 5.69 Å². The molecule has 0 bridgehead atoms. The Morgan fingerprint density at radius 3 is 2.00 bits per heavy atom. The van der Waals surface area contributed by atoms with Crippen LogP contribution in [0.1, 0.15) is 18.4 Å². The maximum atomic E-state index is 2.48. The molecule has 1 nitrogen and oxygen atoms in total. The number of rotatable bonds is 5. The molecular formula is C19H27NSi.